The van der Waals surface area contributed by atoms with Gasteiger partial charge in [0.05, 0.1) is 6.61 Å². The van der Waals surface area contributed by atoms with Gasteiger partial charge in [-0.1, -0.05) is 11.6 Å². The highest BCUT2D eigenvalue weighted by atomic mass is 35.5. The van der Waals surface area contributed by atoms with Crippen LogP contribution in [0.15, 0.2) is 12.1 Å². The van der Waals surface area contributed by atoms with Crippen molar-refractivity contribution < 1.29 is 19.3 Å². The minimum absolute atomic E-state index is 0.349. The molecule has 0 radical (unpaired) electrons. The zero-order valence-corrected chi connectivity index (χ0v) is 12.2. The Labute approximate surface area is 118 Å². The molecule has 19 heavy (non-hydrogen) atoms. The van der Waals surface area contributed by atoms with Crippen LogP contribution in [0.5, 0.6) is 5.75 Å². The van der Waals surface area contributed by atoms with Crippen molar-refractivity contribution in [1.82, 2.24) is 0 Å². The maximum Gasteiger partial charge on any atom is 0.185 e. The molecule has 5 heteroatoms. The molecule has 0 fully saturated rings. The molecule has 1 unspecified atom stereocenters. The number of ether oxygens (including phenoxy) is 3. The first-order valence-electron chi connectivity index (χ1n) is 6.20. The number of hydrogen-bond donors (Lipinski definition) is 1. The Morgan fingerprint density at radius 2 is 2.11 bits per heavy atom. The molecule has 0 aromatic heterocycles. The summed E-state index contributed by atoms with van der Waals surface area (Å²) in [5.74, 6) is 0.829. The van der Waals surface area contributed by atoms with Crippen molar-refractivity contribution in [3.63, 3.8) is 0 Å². The maximum absolute atomic E-state index is 10.5. The molecule has 0 bridgehead atoms. The summed E-state index contributed by atoms with van der Waals surface area (Å²) in [6.45, 7) is 2.33. The lowest BCUT2D eigenvalue weighted by atomic mass is 9.93. The van der Waals surface area contributed by atoms with Gasteiger partial charge in [0.25, 0.3) is 0 Å². The van der Waals surface area contributed by atoms with E-state index in [0.717, 1.165) is 23.3 Å². The maximum atomic E-state index is 10.5. The molecule has 1 atom stereocenters. The van der Waals surface area contributed by atoms with Gasteiger partial charge in [-0.3, -0.25) is 0 Å². The lowest BCUT2D eigenvalue weighted by Crippen LogP contribution is -2.43. The largest absolute Gasteiger partial charge is 0.493 e. The molecule has 106 valence electrons. The molecule has 4 nitrogen and oxygen atoms in total. The normalized spacial score (nSPS) is 17.2. The number of rotatable bonds is 5. The summed E-state index contributed by atoms with van der Waals surface area (Å²) >= 11 is 6.11. The Hall–Kier alpha value is -0.810. The van der Waals surface area contributed by atoms with Crippen LogP contribution in [0, 0.1) is 0 Å². The Bertz CT molecular complexity index is 455. The molecule has 1 aliphatic rings. The zero-order valence-electron chi connectivity index (χ0n) is 11.4. The SMILES string of the molecule is COC(OC)C(C)(O)Cc1cc(Cl)cc2c1OCC2. The summed E-state index contributed by atoms with van der Waals surface area (Å²) < 4.78 is 15.9. The first kappa shape index (κ1) is 14.6. The fourth-order valence-corrected chi connectivity index (χ4v) is 2.81. The van der Waals surface area contributed by atoms with Crippen LogP contribution in [0.4, 0.5) is 0 Å². The fraction of sp³-hybridized carbons (Fsp3) is 0.571. The van der Waals surface area contributed by atoms with Crippen molar-refractivity contribution >= 4 is 11.6 Å². The van der Waals surface area contributed by atoms with Gasteiger partial charge in [0.15, 0.2) is 6.29 Å². The van der Waals surface area contributed by atoms with Crippen molar-refractivity contribution in [1.29, 1.82) is 0 Å². The molecular weight excluding hydrogens is 268 g/mol. The summed E-state index contributed by atoms with van der Waals surface area (Å²) in [4.78, 5) is 0. The molecule has 1 aliphatic heterocycles. The molecule has 1 aromatic carbocycles. The monoisotopic (exact) mass is 286 g/mol. The topological polar surface area (TPSA) is 47.9 Å². The molecule has 0 saturated carbocycles. The van der Waals surface area contributed by atoms with Gasteiger partial charge in [-0.05, 0) is 30.2 Å². The number of benzene rings is 1. The third-order valence-electron chi connectivity index (χ3n) is 3.31. The number of fused-ring (bicyclic) bond motifs is 1. The Morgan fingerprint density at radius 3 is 2.74 bits per heavy atom. The van der Waals surface area contributed by atoms with E-state index in [-0.39, 0.29) is 0 Å². The lowest BCUT2D eigenvalue weighted by Gasteiger charge is -2.31. The molecule has 2 rings (SSSR count). The minimum Gasteiger partial charge on any atom is -0.493 e. The van der Waals surface area contributed by atoms with Gasteiger partial charge in [-0.25, -0.2) is 0 Å². The van der Waals surface area contributed by atoms with Crippen molar-refractivity contribution in [2.45, 2.75) is 31.7 Å². The van der Waals surface area contributed by atoms with Gasteiger partial charge in [0.2, 0.25) is 0 Å². The summed E-state index contributed by atoms with van der Waals surface area (Å²) in [7, 11) is 3.00. The first-order chi connectivity index (χ1) is 8.97. The second kappa shape index (κ2) is 5.67. The molecule has 0 saturated heterocycles. The smallest absolute Gasteiger partial charge is 0.185 e. The van der Waals surface area contributed by atoms with E-state index in [1.54, 1.807) is 6.92 Å². The predicted octanol–water partition coefficient (Wildman–Crippen LogP) is 2.19. The van der Waals surface area contributed by atoms with Gasteiger partial charge in [-0.15, -0.1) is 0 Å². The van der Waals surface area contributed by atoms with Gasteiger partial charge >= 0.3 is 0 Å². The van der Waals surface area contributed by atoms with Gasteiger partial charge < -0.3 is 19.3 Å². The minimum atomic E-state index is -1.16. The van der Waals surface area contributed by atoms with E-state index < -0.39 is 11.9 Å². The van der Waals surface area contributed by atoms with Crippen LogP contribution in [-0.4, -0.2) is 37.8 Å². The molecule has 1 N–H and O–H groups in total. The molecule has 0 amide bonds. The summed E-state index contributed by atoms with van der Waals surface area (Å²) in [6, 6.07) is 3.73. The summed E-state index contributed by atoms with van der Waals surface area (Å²) in [5, 5.41) is 11.2. The summed E-state index contributed by atoms with van der Waals surface area (Å²) in [6.07, 6.45) is 0.495. The number of aliphatic hydroxyl groups is 1. The third kappa shape index (κ3) is 3.03. The quantitative estimate of drug-likeness (QED) is 0.843. The van der Waals surface area contributed by atoms with E-state index >= 15 is 0 Å². The average molecular weight is 287 g/mol. The van der Waals surface area contributed by atoms with Gasteiger partial charge in [-0.2, -0.15) is 0 Å². The van der Waals surface area contributed by atoms with Gasteiger partial charge in [0, 0.05) is 32.1 Å². The molecule has 0 spiro atoms. The highest BCUT2D eigenvalue weighted by Gasteiger charge is 2.34. The van der Waals surface area contributed by atoms with E-state index in [9.17, 15) is 5.11 Å². The number of hydrogen-bond acceptors (Lipinski definition) is 4. The van der Waals surface area contributed by atoms with Crippen LogP contribution < -0.4 is 4.74 Å². The van der Waals surface area contributed by atoms with Crippen LogP contribution in [0.3, 0.4) is 0 Å². The number of halogens is 1. The second-order valence-corrected chi connectivity index (χ2v) is 5.43. The van der Waals surface area contributed by atoms with Crippen molar-refractivity contribution in [2.75, 3.05) is 20.8 Å². The van der Waals surface area contributed by atoms with E-state index in [1.165, 1.54) is 14.2 Å². The predicted molar refractivity (Wildman–Crippen MR) is 72.8 cm³/mol. The Balaban J connectivity index is 2.28. The Kier molecular flexibility index (Phi) is 4.36. The second-order valence-electron chi connectivity index (χ2n) is 4.99. The molecule has 1 aromatic rings. The van der Waals surface area contributed by atoms with Crippen molar-refractivity contribution in [3.8, 4) is 5.75 Å². The molecule has 1 heterocycles. The van der Waals surface area contributed by atoms with Crippen LogP contribution in [0.25, 0.3) is 0 Å². The third-order valence-corrected chi connectivity index (χ3v) is 3.53. The van der Waals surface area contributed by atoms with Crippen LogP contribution in [0.2, 0.25) is 5.02 Å². The van der Waals surface area contributed by atoms with E-state index in [0.29, 0.717) is 18.1 Å². The van der Waals surface area contributed by atoms with Crippen molar-refractivity contribution in [2.24, 2.45) is 0 Å². The highest BCUT2D eigenvalue weighted by Crippen LogP contribution is 2.35. The highest BCUT2D eigenvalue weighted by molar-refractivity contribution is 6.30. The summed E-state index contributed by atoms with van der Waals surface area (Å²) in [5.41, 5.74) is 0.808. The van der Waals surface area contributed by atoms with Gasteiger partial charge in [0.1, 0.15) is 11.4 Å². The van der Waals surface area contributed by atoms with E-state index in [2.05, 4.69) is 0 Å². The number of methoxy groups -OCH3 is 2. The zero-order chi connectivity index (χ0) is 14.0. The molecule has 0 aliphatic carbocycles. The fourth-order valence-electron chi connectivity index (χ4n) is 2.55. The van der Waals surface area contributed by atoms with Crippen molar-refractivity contribution in [3.05, 3.63) is 28.3 Å². The first-order valence-corrected chi connectivity index (χ1v) is 6.58. The van der Waals surface area contributed by atoms with Crippen LogP contribution in [0.1, 0.15) is 18.1 Å². The van der Waals surface area contributed by atoms with E-state index in [4.69, 9.17) is 25.8 Å². The van der Waals surface area contributed by atoms with Crippen LogP contribution in [-0.2, 0) is 22.3 Å². The molecular formula is C14H19ClO4. The lowest BCUT2D eigenvalue weighted by molar-refractivity contribution is -0.207. The van der Waals surface area contributed by atoms with Crippen LogP contribution >= 0.6 is 11.6 Å². The van der Waals surface area contributed by atoms with E-state index in [1.807, 2.05) is 12.1 Å². The average Bonchev–Trinajstić information content (AvgIpc) is 2.77. The Morgan fingerprint density at radius 1 is 1.42 bits per heavy atom. The standard InChI is InChI=1S/C14H19ClO4/c1-14(16,13(17-2)18-3)8-10-7-11(15)6-9-4-5-19-12(9)10/h6-7,13,16H,4-5,8H2,1-3H3.